The zero-order chi connectivity index (χ0) is 21.0. The Bertz CT molecular complexity index is 714. The lowest BCUT2D eigenvalue weighted by atomic mass is 9.88. The van der Waals surface area contributed by atoms with Crippen LogP contribution in [0.1, 0.15) is 26.2 Å². The summed E-state index contributed by atoms with van der Waals surface area (Å²) in [6.45, 7) is 3.62. The smallest absolute Gasteiger partial charge is 0.409 e. The number of β-amino-alcohol motifs (C(OH)–C–C–N with tert-alkyl or cyclic N) is 1. The van der Waals surface area contributed by atoms with E-state index in [0.29, 0.717) is 32.7 Å². The summed E-state index contributed by atoms with van der Waals surface area (Å²) in [6, 6.07) is 3.72. The third-order valence-electron chi connectivity index (χ3n) is 5.69. The van der Waals surface area contributed by atoms with Crippen LogP contribution in [0.5, 0.6) is 5.75 Å². The maximum atomic E-state index is 13.8. The minimum atomic E-state index is -1.60. The first kappa shape index (κ1) is 21.7. The van der Waals surface area contributed by atoms with E-state index in [1.54, 1.807) is 11.8 Å². The van der Waals surface area contributed by atoms with Gasteiger partial charge in [0, 0.05) is 32.2 Å². The van der Waals surface area contributed by atoms with Gasteiger partial charge in [-0.25, -0.2) is 9.18 Å². The summed E-state index contributed by atoms with van der Waals surface area (Å²) in [5, 5.41) is 21.3. The summed E-state index contributed by atoms with van der Waals surface area (Å²) in [5.74, 6) is -2.45. The fraction of sp³-hybridized carbons (Fsp3) is 0.650. The van der Waals surface area contributed by atoms with Gasteiger partial charge in [0.15, 0.2) is 11.6 Å². The molecule has 0 saturated carbocycles. The molecule has 2 fully saturated rings. The minimum absolute atomic E-state index is 0.144. The van der Waals surface area contributed by atoms with E-state index in [1.165, 1.54) is 12.1 Å². The van der Waals surface area contributed by atoms with Gasteiger partial charge in [0.1, 0.15) is 12.2 Å². The molecule has 1 amide bonds. The number of ether oxygens (including phenoxy) is 2. The second-order valence-corrected chi connectivity index (χ2v) is 7.64. The molecule has 29 heavy (non-hydrogen) atoms. The van der Waals surface area contributed by atoms with Crippen molar-refractivity contribution in [2.24, 2.45) is 0 Å². The highest BCUT2D eigenvalue weighted by molar-refractivity contribution is 5.67. The summed E-state index contributed by atoms with van der Waals surface area (Å²) in [5.41, 5.74) is -1.60. The molecule has 0 aromatic heterocycles. The lowest BCUT2D eigenvalue weighted by molar-refractivity contribution is -0.147. The Labute approximate surface area is 168 Å². The van der Waals surface area contributed by atoms with Crippen LogP contribution in [0.3, 0.4) is 0 Å². The minimum Gasteiger partial charge on any atom is -0.487 e. The Morgan fingerprint density at radius 3 is 2.66 bits per heavy atom. The first-order valence-corrected chi connectivity index (χ1v) is 9.97. The largest absolute Gasteiger partial charge is 0.487 e. The van der Waals surface area contributed by atoms with Gasteiger partial charge in [-0.15, -0.1) is 0 Å². The van der Waals surface area contributed by atoms with Crippen LogP contribution >= 0.6 is 0 Å². The molecule has 3 rings (SSSR count). The van der Waals surface area contributed by atoms with Gasteiger partial charge >= 0.3 is 6.09 Å². The monoisotopic (exact) mass is 414 g/mol. The molecule has 0 aliphatic carbocycles. The van der Waals surface area contributed by atoms with Gasteiger partial charge in [0.05, 0.1) is 12.7 Å². The van der Waals surface area contributed by atoms with E-state index in [2.05, 4.69) is 4.90 Å². The highest BCUT2D eigenvalue weighted by atomic mass is 19.2. The van der Waals surface area contributed by atoms with Gasteiger partial charge in [-0.3, -0.25) is 4.90 Å². The van der Waals surface area contributed by atoms with Crippen LogP contribution in [0.15, 0.2) is 18.2 Å². The molecule has 2 aliphatic rings. The van der Waals surface area contributed by atoms with E-state index in [1.807, 2.05) is 0 Å². The second-order valence-electron chi connectivity index (χ2n) is 7.64. The number of hydrogen-bond acceptors (Lipinski definition) is 6. The Morgan fingerprint density at radius 1 is 1.24 bits per heavy atom. The molecule has 0 radical (unpaired) electrons. The summed E-state index contributed by atoms with van der Waals surface area (Å²) in [6.07, 6.45) is 0.440. The van der Waals surface area contributed by atoms with Crippen molar-refractivity contribution in [3.05, 3.63) is 29.8 Å². The van der Waals surface area contributed by atoms with Crippen LogP contribution in [0, 0.1) is 11.6 Å². The molecule has 1 aromatic carbocycles. The SMILES string of the molecule is CCOC(=O)N1CCC(N2CC[C@H](O)[C@@](O)(COc3cccc(F)c3F)C2)CC1. The van der Waals surface area contributed by atoms with E-state index in [-0.39, 0.29) is 31.0 Å². The average molecular weight is 414 g/mol. The van der Waals surface area contributed by atoms with Gasteiger partial charge in [-0.2, -0.15) is 4.39 Å². The summed E-state index contributed by atoms with van der Waals surface area (Å²) >= 11 is 0. The fourth-order valence-electron chi connectivity index (χ4n) is 3.97. The summed E-state index contributed by atoms with van der Waals surface area (Å²) < 4.78 is 37.5. The highest BCUT2D eigenvalue weighted by Gasteiger charge is 2.44. The Balaban J connectivity index is 1.58. The van der Waals surface area contributed by atoms with E-state index < -0.39 is 23.3 Å². The molecule has 0 spiro atoms. The number of aliphatic hydroxyl groups excluding tert-OH is 1. The van der Waals surface area contributed by atoms with Gasteiger partial charge in [-0.1, -0.05) is 6.07 Å². The number of nitrogens with zero attached hydrogens (tertiary/aromatic N) is 2. The van der Waals surface area contributed by atoms with E-state index in [9.17, 15) is 23.8 Å². The van der Waals surface area contributed by atoms with Crippen LogP contribution in [0.4, 0.5) is 13.6 Å². The molecule has 0 unspecified atom stereocenters. The van der Waals surface area contributed by atoms with Crippen molar-refractivity contribution in [1.29, 1.82) is 0 Å². The van der Waals surface area contributed by atoms with Crippen molar-refractivity contribution >= 4 is 6.09 Å². The Kier molecular flexibility index (Phi) is 6.92. The number of piperidine rings is 2. The van der Waals surface area contributed by atoms with Crippen LogP contribution in [0.25, 0.3) is 0 Å². The number of aliphatic hydroxyl groups is 2. The first-order valence-electron chi connectivity index (χ1n) is 9.97. The number of likely N-dealkylation sites (tertiary alicyclic amines) is 2. The molecule has 2 heterocycles. The lowest BCUT2D eigenvalue weighted by Crippen LogP contribution is -2.62. The standard InChI is InChI=1S/C20H28F2N2O5/c1-2-28-19(26)23-9-6-14(7-10-23)24-11-8-17(25)20(27,12-24)13-29-16-5-3-4-15(21)18(16)22/h3-5,14,17,25,27H,2,6-13H2,1H3/t17-,20-/m0/s1. The number of carbonyl (C=O) groups excluding carboxylic acids is 1. The number of rotatable bonds is 5. The quantitative estimate of drug-likeness (QED) is 0.764. The number of hydrogen-bond donors (Lipinski definition) is 2. The van der Waals surface area contributed by atoms with Crippen molar-refractivity contribution < 1.29 is 33.3 Å². The molecule has 0 bridgehead atoms. The third-order valence-corrected chi connectivity index (χ3v) is 5.69. The van der Waals surface area contributed by atoms with Gasteiger partial charge in [0.25, 0.3) is 0 Å². The maximum Gasteiger partial charge on any atom is 0.409 e. The predicted octanol–water partition coefficient (Wildman–Crippen LogP) is 1.76. The van der Waals surface area contributed by atoms with Crippen molar-refractivity contribution in [2.45, 2.75) is 43.9 Å². The topological polar surface area (TPSA) is 82.5 Å². The number of carbonyl (C=O) groups is 1. The molecule has 2 aliphatic heterocycles. The number of halogens is 2. The normalized spacial score (nSPS) is 26.4. The molecular formula is C20H28F2N2O5. The molecule has 2 N–H and O–H groups in total. The Hall–Kier alpha value is -1.97. The van der Waals surface area contributed by atoms with Gasteiger partial charge < -0.3 is 24.6 Å². The predicted molar refractivity (Wildman–Crippen MR) is 101 cm³/mol. The van der Waals surface area contributed by atoms with Crippen LogP contribution < -0.4 is 4.74 Å². The van der Waals surface area contributed by atoms with E-state index in [4.69, 9.17) is 9.47 Å². The maximum absolute atomic E-state index is 13.8. The third kappa shape index (κ3) is 4.96. The van der Waals surface area contributed by atoms with Crippen LogP contribution in [-0.4, -0.2) is 83.2 Å². The zero-order valence-corrected chi connectivity index (χ0v) is 16.5. The molecule has 9 heteroatoms. The van der Waals surface area contributed by atoms with Gasteiger partial charge in [-0.05, 0) is 38.3 Å². The fourth-order valence-corrected chi connectivity index (χ4v) is 3.97. The Morgan fingerprint density at radius 2 is 1.97 bits per heavy atom. The molecule has 2 saturated heterocycles. The van der Waals surface area contributed by atoms with Crippen molar-refractivity contribution in [3.63, 3.8) is 0 Å². The molecule has 162 valence electrons. The second kappa shape index (κ2) is 9.23. The van der Waals surface area contributed by atoms with Crippen molar-refractivity contribution in [3.8, 4) is 5.75 Å². The van der Waals surface area contributed by atoms with E-state index in [0.717, 1.165) is 18.9 Å². The van der Waals surface area contributed by atoms with Gasteiger partial charge in [0.2, 0.25) is 5.82 Å². The molecular weight excluding hydrogens is 386 g/mol. The molecule has 2 atom stereocenters. The molecule has 1 aromatic rings. The van der Waals surface area contributed by atoms with Crippen LogP contribution in [-0.2, 0) is 4.74 Å². The molecule has 7 nitrogen and oxygen atoms in total. The summed E-state index contributed by atoms with van der Waals surface area (Å²) in [4.78, 5) is 15.6. The van der Waals surface area contributed by atoms with Crippen LogP contribution in [0.2, 0.25) is 0 Å². The number of benzene rings is 1. The van der Waals surface area contributed by atoms with Crippen molar-refractivity contribution in [1.82, 2.24) is 9.80 Å². The van der Waals surface area contributed by atoms with Crippen molar-refractivity contribution in [2.75, 3.05) is 39.4 Å². The summed E-state index contributed by atoms with van der Waals surface area (Å²) in [7, 11) is 0. The first-order chi connectivity index (χ1) is 13.8. The van der Waals surface area contributed by atoms with E-state index >= 15 is 0 Å². The zero-order valence-electron chi connectivity index (χ0n) is 16.5. The average Bonchev–Trinajstić information content (AvgIpc) is 2.72. The lowest BCUT2D eigenvalue weighted by Gasteiger charge is -2.47. The highest BCUT2D eigenvalue weighted by Crippen LogP contribution is 2.29. The number of amides is 1.